The van der Waals surface area contributed by atoms with Gasteiger partial charge in [-0.05, 0) is 37.0 Å². The number of benzene rings is 2. The molecule has 128 valence electrons. The quantitative estimate of drug-likeness (QED) is 0.322. The maximum Gasteiger partial charge on any atom is 0.311 e. The molecule has 0 aliphatic rings. The number of ether oxygens (including phenoxy) is 1. The number of hydrogen-bond donors (Lipinski definition) is 0. The number of nitrogens with zero attached hydrogens (tertiary/aromatic N) is 1. The number of hydrogen-bond acceptors (Lipinski definition) is 3. The Bertz CT molecular complexity index is 655. The molecule has 0 spiro atoms. The van der Waals surface area contributed by atoms with Crippen molar-refractivity contribution in [3.63, 3.8) is 0 Å². The first-order chi connectivity index (χ1) is 11.6. The maximum absolute atomic E-state index is 11.4. The molecular formula is C20H25NO3. The van der Waals surface area contributed by atoms with E-state index in [1.54, 1.807) is 12.1 Å². The summed E-state index contributed by atoms with van der Waals surface area (Å²) in [5.41, 5.74) is 1.81. The van der Waals surface area contributed by atoms with E-state index < -0.39 is 0 Å². The lowest BCUT2D eigenvalue weighted by molar-refractivity contribution is -0.386. The van der Waals surface area contributed by atoms with Crippen LogP contribution in [0.3, 0.4) is 0 Å². The van der Waals surface area contributed by atoms with E-state index in [1.807, 2.05) is 43.3 Å². The van der Waals surface area contributed by atoms with Crippen molar-refractivity contribution in [2.24, 2.45) is 0 Å². The van der Waals surface area contributed by atoms with Crippen LogP contribution in [-0.2, 0) is 0 Å². The molecule has 2 aromatic carbocycles. The minimum absolute atomic E-state index is 0.0248. The van der Waals surface area contributed by atoms with Gasteiger partial charge in [-0.2, -0.15) is 0 Å². The molecule has 0 aliphatic carbocycles. The van der Waals surface area contributed by atoms with Crippen LogP contribution in [0, 0.1) is 10.1 Å². The van der Waals surface area contributed by atoms with Crippen molar-refractivity contribution >= 4 is 5.69 Å². The molecule has 0 bridgehead atoms. The second kappa shape index (κ2) is 9.06. The highest BCUT2D eigenvalue weighted by molar-refractivity contribution is 5.68. The fraction of sp³-hybridized carbons (Fsp3) is 0.400. The zero-order valence-electron chi connectivity index (χ0n) is 14.4. The van der Waals surface area contributed by atoms with E-state index in [0.717, 1.165) is 24.0 Å². The normalized spacial score (nSPS) is 11.9. The Labute approximate surface area is 143 Å². The third kappa shape index (κ3) is 5.08. The fourth-order valence-corrected chi connectivity index (χ4v) is 2.70. The summed E-state index contributed by atoms with van der Waals surface area (Å²) in [5.74, 6) is 0.350. The Balaban J connectivity index is 2.11. The lowest BCUT2D eigenvalue weighted by Gasteiger charge is -2.15. The highest BCUT2D eigenvalue weighted by Crippen LogP contribution is 2.33. The molecule has 0 unspecified atom stereocenters. The van der Waals surface area contributed by atoms with E-state index in [-0.39, 0.29) is 16.7 Å². The van der Waals surface area contributed by atoms with E-state index in [2.05, 4.69) is 6.92 Å². The van der Waals surface area contributed by atoms with E-state index in [1.165, 1.54) is 19.3 Å². The van der Waals surface area contributed by atoms with Gasteiger partial charge in [0.25, 0.3) is 0 Å². The van der Waals surface area contributed by atoms with Crippen molar-refractivity contribution in [3.8, 4) is 16.9 Å². The molecule has 0 heterocycles. The second-order valence-corrected chi connectivity index (χ2v) is 6.08. The van der Waals surface area contributed by atoms with Crippen molar-refractivity contribution in [3.05, 3.63) is 58.6 Å². The van der Waals surface area contributed by atoms with Crippen LogP contribution in [0.25, 0.3) is 11.1 Å². The fourth-order valence-electron chi connectivity index (χ4n) is 2.70. The summed E-state index contributed by atoms with van der Waals surface area (Å²) >= 11 is 0. The second-order valence-electron chi connectivity index (χ2n) is 6.08. The van der Waals surface area contributed by atoms with E-state index in [0.29, 0.717) is 5.75 Å². The number of nitro groups is 1. The van der Waals surface area contributed by atoms with Crippen LogP contribution in [0.2, 0.25) is 0 Å². The monoisotopic (exact) mass is 327 g/mol. The van der Waals surface area contributed by atoms with Crippen molar-refractivity contribution < 1.29 is 9.66 Å². The first-order valence-electron chi connectivity index (χ1n) is 8.62. The zero-order valence-corrected chi connectivity index (χ0v) is 14.4. The molecule has 0 aromatic heterocycles. The molecule has 1 atom stereocenters. The van der Waals surface area contributed by atoms with Gasteiger partial charge in [0.05, 0.1) is 11.0 Å². The topological polar surface area (TPSA) is 52.4 Å². The molecule has 2 aromatic rings. The van der Waals surface area contributed by atoms with Crippen LogP contribution in [0.5, 0.6) is 5.75 Å². The summed E-state index contributed by atoms with van der Waals surface area (Å²) < 4.78 is 5.84. The van der Waals surface area contributed by atoms with Crippen molar-refractivity contribution in [1.82, 2.24) is 0 Å². The lowest BCUT2D eigenvalue weighted by Crippen LogP contribution is -2.12. The number of rotatable bonds is 9. The van der Waals surface area contributed by atoms with Crippen LogP contribution < -0.4 is 4.74 Å². The minimum Gasteiger partial charge on any atom is -0.484 e. The Morgan fingerprint density at radius 3 is 2.46 bits per heavy atom. The zero-order chi connectivity index (χ0) is 17.4. The molecule has 0 N–H and O–H groups in total. The first kappa shape index (κ1) is 18.0. The standard InChI is InChI=1S/C20H25NO3/c1-3-4-5-7-10-16(2)24-20-14-13-18(15-19(20)21(22)23)17-11-8-6-9-12-17/h6,8-9,11-16H,3-5,7,10H2,1-2H3/t16-/m0/s1. The summed E-state index contributed by atoms with van der Waals surface area (Å²) in [7, 11) is 0. The Morgan fingerprint density at radius 1 is 1.04 bits per heavy atom. The van der Waals surface area contributed by atoms with Crippen LogP contribution in [0.1, 0.15) is 46.0 Å². The largest absolute Gasteiger partial charge is 0.484 e. The van der Waals surface area contributed by atoms with Gasteiger partial charge in [-0.1, -0.05) is 62.6 Å². The van der Waals surface area contributed by atoms with Gasteiger partial charge in [0.2, 0.25) is 0 Å². The van der Waals surface area contributed by atoms with Gasteiger partial charge in [-0.15, -0.1) is 0 Å². The molecular weight excluding hydrogens is 302 g/mol. The predicted octanol–water partition coefficient (Wildman–Crippen LogP) is 6.00. The first-order valence-corrected chi connectivity index (χ1v) is 8.62. The highest BCUT2D eigenvalue weighted by atomic mass is 16.6. The van der Waals surface area contributed by atoms with Crippen molar-refractivity contribution in [2.45, 2.75) is 52.1 Å². The molecule has 4 nitrogen and oxygen atoms in total. The van der Waals surface area contributed by atoms with E-state index >= 15 is 0 Å². The Morgan fingerprint density at radius 2 is 1.79 bits per heavy atom. The van der Waals surface area contributed by atoms with Crippen molar-refractivity contribution in [1.29, 1.82) is 0 Å². The van der Waals surface area contributed by atoms with E-state index in [9.17, 15) is 10.1 Å². The summed E-state index contributed by atoms with van der Waals surface area (Å²) in [5, 5.41) is 11.4. The molecule has 2 rings (SSSR count). The Kier molecular flexibility index (Phi) is 6.79. The lowest BCUT2D eigenvalue weighted by atomic mass is 10.0. The van der Waals surface area contributed by atoms with Crippen LogP contribution in [0.15, 0.2) is 48.5 Å². The van der Waals surface area contributed by atoms with Gasteiger partial charge in [0, 0.05) is 6.07 Å². The molecule has 0 aliphatic heterocycles. The minimum atomic E-state index is -0.369. The molecule has 0 fully saturated rings. The van der Waals surface area contributed by atoms with Crippen LogP contribution in [-0.4, -0.2) is 11.0 Å². The molecule has 0 radical (unpaired) electrons. The molecule has 0 saturated heterocycles. The average molecular weight is 327 g/mol. The summed E-state index contributed by atoms with van der Waals surface area (Å²) in [6.07, 6.45) is 5.57. The summed E-state index contributed by atoms with van der Waals surface area (Å²) in [6.45, 7) is 4.15. The van der Waals surface area contributed by atoms with Gasteiger partial charge in [0.15, 0.2) is 5.75 Å². The highest BCUT2D eigenvalue weighted by Gasteiger charge is 2.18. The van der Waals surface area contributed by atoms with Gasteiger partial charge in [-0.25, -0.2) is 0 Å². The smallest absolute Gasteiger partial charge is 0.311 e. The van der Waals surface area contributed by atoms with Crippen LogP contribution >= 0.6 is 0 Å². The van der Waals surface area contributed by atoms with E-state index in [4.69, 9.17) is 4.74 Å². The molecule has 4 heteroatoms. The number of nitro benzene ring substituents is 1. The molecule has 0 saturated carbocycles. The Hall–Kier alpha value is -2.36. The average Bonchev–Trinajstić information content (AvgIpc) is 2.59. The third-order valence-corrected chi connectivity index (χ3v) is 4.06. The number of unbranched alkanes of at least 4 members (excludes halogenated alkanes) is 3. The van der Waals surface area contributed by atoms with Gasteiger partial charge in [-0.3, -0.25) is 10.1 Å². The predicted molar refractivity (Wildman–Crippen MR) is 97.4 cm³/mol. The third-order valence-electron chi connectivity index (χ3n) is 4.06. The SMILES string of the molecule is CCCCCC[C@H](C)Oc1ccc(-c2ccccc2)cc1[N+](=O)[O-]. The van der Waals surface area contributed by atoms with Crippen LogP contribution in [0.4, 0.5) is 5.69 Å². The maximum atomic E-state index is 11.4. The van der Waals surface area contributed by atoms with Gasteiger partial charge < -0.3 is 4.74 Å². The van der Waals surface area contributed by atoms with Crippen molar-refractivity contribution in [2.75, 3.05) is 0 Å². The van der Waals surface area contributed by atoms with Gasteiger partial charge in [0.1, 0.15) is 0 Å². The summed E-state index contributed by atoms with van der Waals surface area (Å²) in [4.78, 5) is 11.0. The molecule has 0 amide bonds. The summed E-state index contributed by atoms with van der Waals surface area (Å²) in [6, 6.07) is 14.8. The molecule has 24 heavy (non-hydrogen) atoms. The van der Waals surface area contributed by atoms with Gasteiger partial charge >= 0.3 is 5.69 Å².